The molecule has 172 valence electrons. The minimum Gasteiger partial charge on any atom is -0.369 e. The molecule has 8 heteroatoms. The molecule has 2 fully saturated rings. The van der Waals surface area contributed by atoms with Crippen LogP contribution in [0.4, 0.5) is 20.6 Å². The Bertz CT molecular complexity index is 1170. The lowest BCUT2D eigenvalue weighted by Gasteiger charge is -2.19. The van der Waals surface area contributed by atoms with E-state index in [0.717, 1.165) is 59.3 Å². The summed E-state index contributed by atoms with van der Waals surface area (Å²) in [6.07, 6.45) is 3.62. The standard InChI is InChI=1S/C25H26FN3O3S/c1-15-6-7-19(10-16(15)2)27-23(30)14-29-24(31)22(33-25(29)32)13-18-12-20(26)21(11-17(18)3)28-8-4-5-9-28/h6-7,10-13H,4-5,8-9,14H2,1-3H3,(H,27,30)/b22-13-. The molecular formula is C25H26FN3O3S. The summed E-state index contributed by atoms with van der Waals surface area (Å²) in [5.41, 5.74) is 4.66. The maximum Gasteiger partial charge on any atom is 0.294 e. The Kier molecular flexibility index (Phi) is 6.56. The first kappa shape index (κ1) is 23.0. The lowest BCUT2D eigenvalue weighted by atomic mass is 10.1. The van der Waals surface area contributed by atoms with Gasteiger partial charge in [0, 0.05) is 18.8 Å². The van der Waals surface area contributed by atoms with Gasteiger partial charge in [-0.25, -0.2) is 4.39 Å². The van der Waals surface area contributed by atoms with Crippen molar-refractivity contribution in [1.82, 2.24) is 4.90 Å². The van der Waals surface area contributed by atoms with Crippen molar-refractivity contribution < 1.29 is 18.8 Å². The van der Waals surface area contributed by atoms with E-state index in [2.05, 4.69) is 5.32 Å². The highest BCUT2D eigenvalue weighted by molar-refractivity contribution is 8.18. The quantitative estimate of drug-likeness (QED) is 0.625. The van der Waals surface area contributed by atoms with E-state index in [1.54, 1.807) is 12.1 Å². The molecule has 0 aromatic heterocycles. The van der Waals surface area contributed by atoms with Gasteiger partial charge in [-0.15, -0.1) is 0 Å². The van der Waals surface area contributed by atoms with Crippen LogP contribution in [0, 0.1) is 26.6 Å². The molecule has 0 bridgehead atoms. The predicted molar refractivity (Wildman–Crippen MR) is 130 cm³/mol. The Morgan fingerprint density at radius 2 is 1.79 bits per heavy atom. The second-order valence-corrected chi connectivity index (χ2v) is 9.46. The number of nitrogens with zero attached hydrogens (tertiary/aromatic N) is 2. The first-order valence-electron chi connectivity index (χ1n) is 10.9. The van der Waals surface area contributed by atoms with Crippen LogP contribution in [0.25, 0.3) is 6.08 Å². The molecule has 2 aromatic rings. The number of hydrogen-bond acceptors (Lipinski definition) is 5. The summed E-state index contributed by atoms with van der Waals surface area (Å²) >= 11 is 0.759. The maximum absolute atomic E-state index is 14.7. The van der Waals surface area contributed by atoms with E-state index < -0.39 is 17.1 Å². The Morgan fingerprint density at radius 3 is 2.48 bits per heavy atom. The molecule has 2 aliphatic rings. The fraction of sp³-hybridized carbons (Fsp3) is 0.320. The highest BCUT2D eigenvalue weighted by Gasteiger charge is 2.36. The van der Waals surface area contributed by atoms with Crippen LogP contribution >= 0.6 is 11.8 Å². The zero-order valence-corrected chi connectivity index (χ0v) is 19.7. The van der Waals surface area contributed by atoms with Crippen LogP contribution < -0.4 is 10.2 Å². The van der Waals surface area contributed by atoms with Crippen molar-refractivity contribution >= 4 is 46.3 Å². The van der Waals surface area contributed by atoms with E-state index in [0.29, 0.717) is 16.9 Å². The molecule has 0 atom stereocenters. The monoisotopic (exact) mass is 467 g/mol. The van der Waals surface area contributed by atoms with Gasteiger partial charge >= 0.3 is 0 Å². The van der Waals surface area contributed by atoms with Gasteiger partial charge in [0.05, 0.1) is 10.6 Å². The van der Waals surface area contributed by atoms with Crippen molar-refractivity contribution in [2.75, 3.05) is 29.9 Å². The summed E-state index contributed by atoms with van der Waals surface area (Å²) in [7, 11) is 0. The van der Waals surface area contributed by atoms with Gasteiger partial charge in [0.15, 0.2) is 0 Å². The van der Waals surface area contributed by atoms with E-state index >= 15 is 0 Å². The number of rotatable bonds is 5. The molecule has 0 radical (unpaired) electrons. The second-order valence-electron chi connectivity index (χ2n) is 8.47. The van der Waals surface area contributed by atoms with Crippen molar-refractivity contribution in [3.05, 3.63) is 63.3 Å². The molecule has 2 aliphatic heterocycles. The van der Waals surface area contributed by atoms with Gasteiger partial charge in [0.25, 0.3) is 11.1 Å². The van der Waals surface area contributed by atoms with Crippen LogP contribution in [-0.4, -0.2) is 41.6 Å². The summed E-state index contributed by atoms with van der Waals surface area (Å²) in [6.45, 7) is 7.05. The zero-order valence-electron chi connectivity index (χ0n) is 18.9. The van der Waals surface area contributed by atoms with Crippen LogP contribution in [0.15, 0.2) is 35.2 Å². The number of halogens is 1. The fourth-order valence-corrected chi connectivity index (χ4v) is 4.81. The zero-order chi connectivity index (χ0) is 23.7. The summed E-state index contributed by atoms with van der Waals surface area (Å²) in [4.78, 5) is 40.8. The highest BCUT2D eigenvalue weighted by atomic mass is 32.2. The average Bonchev–Trinajstić information content (AvgIpc) is 3.38. The summed E-state index contributed by atoms with van der Waals surface area (Å²) in [5.74, 6) is -1.36. The Balaban J connectivity index is 1.48. The largest absolute Gasteiger partial charge is 0.369 e. The number of anilines is 2. The SMILES string of the molecule is Cc1ccc(NC(=O)CN2C(=O)S/C(=C\c3cc(F)c(N4CCCC4)cc3C)C2=O)cc1C. The summed E-state index contributed by atoms with van der Waals surface area (Å²) in [5, 5.41) is 2.20. The molecule has 3 amide bonds. The van der Waals surface area contributed by atoms with E-state index in [-0.39, 0.29) is 17.3 Å². The van der Waals surface area contributed by atoms with Gasteiger partial charge in [-0.3, -0.25) is 19.3 Å². The molecule has 6 nitrogen and oxygen atoms in total. The van der Waals surface area contributed by atoms with Crippen molar-refractivity contribution in [2.45, 2.75) is 33.6 Å². The highest BCUT2D eigenvalue weighted by Crippen LogP contribution is 2.34. The molecule has 0 aliphatic carbocycles. The first-order valence-corrected chi connectivity index (χ1v) is 11.7. The van der Waals surface area contributed by atoms with Crippen molar-refractivity contribution in [3.8, 4) is 0 Å². The van der Waals surface area contributed by atoms with Crippen LogP contribution in [0.1, 0.15) is 35.1 Å². The van der Waals surface area contributed by atoms with Crippen LogP contribution in [0.2, 0.25) is 0 Å². The molecule has 33 heavy (non-hydrogen) atoms. The predicted octanol–water partition coefficient (Wildman–Crippen LogP) is 5.03. The van der Waals surface area contributed by atoms with Gasteiger partial charge in [0.2, 0.25) is 5.91 Å². The number of benzene rings is 2. The van der Waals surface area contributed by atoms with Gasteiger partial charge in [-0.1, -0.05) is 6.07 Å². The molecule has 2 heterocycles. The first-order chi connectivity index (χ1) is 15.7. The number of hydrogen-bond donors (Lipinski definition) is 1. The molecule has 2 saturated heterocycles. The Labute approximate surface area is 196 Å². The maximum atomic E-state index is 14.7. The lowest BCUT2D eigenvalue weighted by molar-refractivity contribution is -0.127. The third-order valence-electron chi connectivity index (χ3n) is 6.03. The second kappa shape index (κ2) is 9.39. The molecule has 1 N–H and O–H groups in total. The summed E-state index contributed by atoms with van der Waals surface area (Å²) < 4.78 is 14.7. The van der Waals surface area contributed by atoms with Crippen LogP contribution in [-0.2, 0) is 9.59 Å². The number of carbonyl (C=O) groups excluding carboxylic acids is 3. The topological polar surface area (TPSA) is 69.7 Å². The third kappa shape index (κ3) is 4.95. The normalized spacial score (nSPS) is 17.4. The van der Waals surface area contributed by atoms with Crippen molar-refractivity contribution in [2.24, 2.45) is 0 Å². The molecule has 0 spiro atoms. The van der Waals surface area contributed by atoms with Gasteiger partial charge in [0.1, 0.15) is 12.4 Å². The van der Waals surface area contributed by atoms with Crippen LogP contribution in [0.3, 0.4) is 0 Å². The molecular weight excluding hydrogens is 441 g/mol. The van der Waals surface area contributed by atoms with E-state index in [4.69, 9.17) is 0 Å². The Hall–Kier alpha value is -3.13. The third-order valence-corrected chi connectivity index (χ3v) is 6.94. The van der Waals surface area contributed by atoms with Crippen molar-refractivity contribution in [3.63, 3.8) is 0 Å². The van der Waals surface area contributed by atoms with Crippen molar-refractivity contribution in [1.29, 1.82) is 0 Å². The minimum atomic E-state index is -0.552. The summed E-state index contributed by atoms with van der Waals surface area (Å²) in [6, 6.07) is 8.70. The number of thioether (sulfide) groups is 1. The minimum absolute atomic E-state index is 0.176. The van der Waals surface area contributed by atoms with Gasteiger partial charge in [-0.2, -0.15) is 0 Å². The fourth-order valence-electron chi connectivity index (χ4n) is 3.98. The number of aryl methyl sites for hydroxylation is 3. The van der Waals surface area contributed by atoms with Gasteiger partial charge < -0.3 is 10.2 Å². The van der Waals surface area contributed by atoms with E-state index in [1.807, 2.05) is 37.8 Å². The Morgan fingerprint density at radius 1 is 1.06 bits per heavy atom. The lowest BCUT2D eigenvalue weighted by Crippen LogP contribution is -2.36. The molecule has 4 rings (SSSR count). The molecule has 0 saturated carbocycles. The number of amides is 3. The van der Waals surface area contributed by atoms with E-state index in [9.17, 15) is 18.8 Å². The number of nitrogens with one attached hydrogen (secondary N) is 1. The van der Waals surface area contributed by atoms with E-state index in [1.165, 1.54) is 12.1 Å². The smallest absolute Gasteiger partial charge is 0.294 e. The average molecular weight is 468 g/mol. The molecule has 0 unspecified atom stereocenters. The number of carbonyl (C=O) groups is 3. The van der Waals surface area contributed by atoms with Crippen LogP contribution in [0.5, 0.6) is 0 Å². The number of imide groups is 1. The van der Waals surface area contributed by atoms with Gasteiger partial charge in [-0.05, 0) is 98.0 Å². The molecule has 2 aromatic carbocycles.